The fraction of sp³-hybridized carbons (Fsp3) is 0.611. The van der Waals surface area contributed by atoms with E-state index < -0.39 is 0 Å². The molecule has 1 saturated heterocycles. The van der Waals surface area contributed by atoms with Gasteiger partial charge >= 0.3 is 0 Å². The quantitative estimate of drug-likeness (QED) is 0.764. The minimum atomic E-state index is -0.171. The molecule has 1 fully saturated rings. The Morgan fingerprint density at radius 1 is 1.33 bits per heavy atom. The summed E-state index contributed by atoms with van der Waals surface area (Å²) in [5.41, 5.74) is 1.02. The lowest BCUT2D eigenvalue weighted by Crippen LogP contribution is -2.38. The van der Waals surface area contributed by atoms with E-state index in [2.05, 4.69) is 10.6 Å². The molecule has 0 spiro atoms. The van der Waals surface area contributed by atoms with Crippen LogP contribution in [0.2, 0.25) is 5.02 Å². The number of halogens is 2. The van der Waals surface area contributed by atoms with Gasteiger partial charge in [-0.3, -0.25) is 4.79 Å². The summed E-state index contributed by atoms with van der Waals surface area (Å²) in [5, 5.41) is 7.12. The van der Waals surface area contributed by atoms with Gasteiger partial charge in [0.1, 0.15) is 6.10 Å². The number of hydrogen-bond acceptors (Lipinski definition) is 3. The molecule has 136 valence electrons. The summed E-state index contributed by atoms with van der Waals surface area (Å²) in [7, 11) is 1.66. The van der Waals surface area contributed by atoms with Crippen molar-refractivity contribution in [3.05, 3.63) is 34.9 Å². The number of nitrogens with one attached hydrogen (secondary N) is 2. The molecule has 0 aliphatic carbocycles. The Morgan fingerprint density at radius 2 is 1.96 bits per heavy atom. The molecule has 1 aliphatic heterocycles. The van der Waals surface area contributed by atoms with Crippen LogP contribution in [0, 0.1) is 5.92 Å². The van der Waals surface area contributed by atoms with Gasteiger partial charge in [0.15, 0.2) is 0 Å². The van der Waals surface area contributed by atoms with Crippen LogP contribution in [0.1, 0.15) is 44.3 Å². The standard InChI is InChI=1S/C18H27ClN2O2.ClH/c1-13(18(23-2)15-4-6-16(19)7-5-15)21-17(22)8-3-14-9-11-20-12-10-14;/h4-7,13-14,18,20H,3,8-12H2,1-2H3,(H,21,22);1H. The first-order chi connectivity index (χ1) is 11.1. The molecule has 0 aromatic heterocycles. The predicted molar refractivity (Wildman–Crippen MR) is 101 cm³/mol. The van der Waals surface area contributed by atoms with Crippen LogP contribution in [0.5, 0.6) is 0 Å². The first-order valence-electron chi connectivity index (χ1n) is 8.38. The largest absolute Gasteiger partial charge is 0.375 e. The van der Waals surface area contributed by atoms with Crippen LogP contribution in [0.3, 0.4) is 0 Å². The van der Waals surface area contributed by atoms with E-state index in [1.165, 1.54) is 12.8 Å². The van der Waals surface area contributed by atoms with E-state index in [0.29, 0.717) is 17.4 Å². The summed E-state index contributed by atoms with van der Waals surface area (Å²) in [6, 6.07) is 7.48. The van der Waals surface area contributed by atoms with Crippen LogP contribution in [-0.2, 0) is 9.53 Å². The van der Waals surface area contributed by atoms with Crippen LogP contribution < -0.4 is 10.6 Å². The highest BCUT2D eigenvalue weighted by atomic mass is 35.5. The van der Waals surface area contributed by atoms with Crippen molar-refractivity contribution in [2.24, 2.45) is 5.92 Å². The molecular formula is C18H28Cl2N2O2. The SMILES string of the molecule is COC(c1ccc(Cl)cc1)C(C)NC(=O)CCC1CCNCC1.Cl. The Hall–Kier alpha value is -0.810. The van der Waals surface area contributed by atoms with E-state index in [-0.39, 0.29) is 30.5 Å². The molecule has 0 saturated carbocycles. The van der Waals surface area contributed by atoms with Crippen molar-refractivity contribution in [1.82, 2.24) is 10.6 Å². The molecule has 24 heavy (non-hydrogen) atoms. The maximum absolute atomic E-state index is 12.2. The zero-order valence-electron chi connectivity index (χ0n) is 14.4. The summed E-state index contributed by atoms with van der Waals surface area (Å²) >= 11 is 5.92. The van der Waals surface area contributed by atoms with Crippen LogP contribution in [0.4, 0.5) is 0 Å². The number of piperidine rings is 1. The third-order valence-corrected chi connectivity index (χ3v) is 4.79. The van der Waals surface area contributed by atoms with Crippen molar-refractivity contribution in [1.29, 1.82) is 0 Å². The number of benzene rings is 1. The molecule has 2 N–H and O–H groups in total. The fourth-order valence-corrected chi connectivity index (χ4v) is 3.31. The minimum Gasteiger partial charge on any atom is -0.375 e. The molecule has 1 amide bonds. The van der Waals surface area contributed by atoms with E-state index in [4.69, 9.17) is 16.3 Å². The van der Waals surface area contributed by atoms with Crippen molar-refractivity contribution in [3.8, 4) is 0 Å². The highest BCUT2D eigenvalue weighted by Gasteiger charge is 2.21. The zero-order chi connectivity index (χ0) is 16.7. The van der Waals surface area contributed by atoms with Gasteiger partial charge in [0, 0.05) is 18.6 Å². The van der Waals surface area contributed by atoms with Crippen LogP contribution >= 0.6 is 24.0 Å². The monoisotopic (exact) mass is 374 g/mol. The Bertz CT molecular complexity index is 490. The van der Waals surface area contributed by atoms with E-state index >= 15 is 0 Å². The fourth-order valence-electron chi connectivity index (χ4n) is 3.19. The molecule has 2 atom stereocenters. The van der Waals surface area contributed by atoms with Crippen molar-refractivity contribution >= 4 is 29.9 Å². The molecule has 2 unspecified atom stereocenters. The number of amides is 1. The summed E-state index contributed by atoms with van der Waals surface area (Å²) in [4.78, 5) is 12.2. The number of methoxy groups -OCH3 is 1. The van der Waals surface area contributed by atoms with Gasteiger partial charge in [-0.15, -0.1) is 12.4 Å². The van der Waals surface area contributed by atoms with Gasteiger partial charge in [-0.2, -0.15) is 0 Å². The molecule has 2 rings (SSSR count). The number of ether oxygens (including phenoxy) is 1. The summed E-state index contributed by atoms with van der Waals surface area (Å²) in [6.45, 7) is 4.13. The number of hydrogen-bond donors (Lipinski definition) is 2. The van der Waals surface area contributed by atoms with Crippen LogP contribution in [-0.4, -0.2) is 32.1 Å². The third-order valence-electron chi connectivity index (χ3n) is 4.53. The van der Waals surface area contributed by atoms with Crippen molar-refractivity contribution in [2.45, 2.75) is 44.8 Å². The molecule has 6 heteroatoms. The lowest BCUT2D eigenvalue weighted by molar-refractivity contribution is -0.123. The zero-order valence-corrected chi connectivity index (χ0v) is 16.0. The molecule has 1 aromatic carbocycles. The van der Waals surface area contributed by atoms with Crippen molar-refractivity contribution in [3.63, 3.8) is 0 Å². The first kappa shape index (κ1) is 21.2. The Morgan fingerprint density at radius 3 is 2.54 bits per heavy atom. The summed E-state index contributed by atoms with van der Waals surface area (Å²) < 4.78 is 5.57. The van der Waals surface area contributed by atoms with E-state index in [1.807, 2.05) is 31.2 Å². The van der Waals surface area contributed by atoms with Gasteiger partial charge in [-0.25, -0.2) is 0 Å². The molecule has 0 bridgehead atoms. The van der Waals surface area contributed by atoms with Crippen molar-refractivity contribution in [2.75, 3.05) is 20.2 Å². The molecule has 1 aromatic rings. The second-order valence-electron chi connectivity index (χ2n) is 6.30. The third kappa shape index (κ3) is 6.60. The normalized spacial score (nSPS) is 17.6. The van der Waals surface area contributed by atoms with Gasteiger partial charge in [0.25, 0.3) is 0 Å². The first-order valence-corrected chi connectivity index (χ1v) is 8.76. The Balaban J connectivity index is 0.00000288. The van der Waals surface area contributed by atoms with Crippen LogP contribution in [0.15, 0.2) is 24.3 Å². The predicted octanol–water partition coefficient (Wildman–Crippen LogP) is 3.73. The molecule has 0 radical (unpaired) electrons. The van der Waals surface area contributed by atoms with Gasteiger partial charge in [0.05, 0.1) is 6.04 Å². The van der Waals surface area contributed by atoms with E-state index in [0.717, 1.165) is 25.1 Å². The minimum absolute atomic E-state index is 0. The molecule has 1 aliphatic rings. The average molecular weight is 375 g/mol. The average Bonchev–Trinajstić information content (AvgIpc) is 2.56. The number of rotatable bonds is 7. The molecular weight excluding hydrogens is 347 g/mol. The maximum atomic E-state index is 12.2. The van der Waals surface area contributed by atoms with Crippen molar-refractivity contribution < 1.29 is 9.53 Å². The van der Waals surface area contributed by atoms with Gasteiger partial charge in [-0.1, -0.05) is 23.7 Å². The lowest BCUT2D eigenvalue weighted by Gasteiger charge is -2.25. The summed E-state index contributed by atoms with van der Waals surface area (Å²) in [5.74, 6) is 0.777. The second kappa shape index (κ2) is 10.9. The van der Waals surface area contributed by atoms with E-state index in [9.17, 15) is 4.79 Å². The van der Waals surface area contributed by atoms with Gasteiger partial charge < -0.3 is 15.4 Å². The number of carbonyl (C=O) groups is 1. The number of carbonyl (C=O) groups excluding carboxylic acids is 1. The van der Waals surface area contributed by atoms with Gasteiger partial charge in [0.2, 0.25) is 5.91 Å². The highest BCUT2D eigenvalue weighted by molar-refractivity contribution is 6.30. The van der Waals surface area contributed by atoms with Crippen LogP contribution in [0.25, 0.3) is 0 Å². The second-order valence-corrected chi connectivity index (χ2v) is 6.73. The lowest BCUT2D eigenvalue weighted by atomic mass is 9.93. The van der Waals surface area contributed by atoms with E-state index in [1.54, 1.807) is 7.11 Å². The highest BCUT2D eigenvalue weighted by Crippen LogP contribution is 2.23. The van der Waals surface area contributed by atoms with Gasteiger partial charge in [-0.05, 0) is 62.9 Å². The summed E-state index contributed by atoms with van der Waals surface area (Å²) in [6.07, 6.45) is 3.74. The smallest absolute Gasteiger partial charge is 0.220 e. The topological polar surface area (TPSA) is 50.4 Å². The maximum Gasteiger partial charge on any atom is 0.220 e. The Labute approximate surface area is 156 Å². The molecule has 4 nitrogen and oxygen atoms in total. The molecule has 1 heterocycles. The Kier molecular flexibility index (Phi) is 9.67.